The zero-order valence-corrected chi connectivity index (χ0v) is 19.1. The molecule has 1 aliphatic rings. The maximum atomic E-state index is 13.3. The van der Waals surface area contributed by atoms with Crippen molar-refractivity contribution in [3.63, 3.8) is 0 Å². The van der Waals surface area contributed by atoms with Crippen LogP contribution in [0, 0.1) is 0 Å². The smallest absolute Gasteiger partial charge is 0.276 e. The number of hydrogen-bond acceptors (Lipinski definition) is 4. The van der Waals surface area contributed by atoms with Crippen LogP contribution in [0.3, 0.4) is 0 Å². The number of fused-ring (bicyclic) bond motifs is 1. The minimum Gasteiger partial charge on any atom is -0.379 e. The quantitative estimate of drug-likeness (QED) is 0.492. The molecule has 0 bridgehead atoms. The Labute approximate surface area is 195 Å². The molecule has 5 rings (SSSR count). The van der Waals surface area contributed by atoms with Gasteiger partial charge in [0.25, 0.3) is 11.1 Å². The van der Waals surface area contributed by atoms with Crippen molar-refractivity contribution in [1.29, 1.82) is 0 Å². The number of morpholine rings is 1. The number of nitrogens with zero attached hydrogens (tertiary/aromatic N) is 3. The predicted molar refractivity (Wildman–Crippen MR) is 130 cm³/mol. The van der Waals surface area contributed by atoms with Gasteiger partial charge in [0.2, 0.25) is 0 Å². The van der Waals surface area contributed by atoms with Crippen LogP contribution in [0.1, 0.15) is 11.1 Å². The molecular formula is C25H25ClN4O3. The Balaban J connectivity index is 1.65. The van der Waals surface area contributed by atoms with Crippen LogP contribution in [0.25, 0.3) is 22.2 Å². The van der Waals surface area contributed by atoms with E-state index in [0.29, 0.717) is 28.2 Å². The molecule has 170 valence electrons. The molecular weight excluding hydrogens is 440 g/mol. The maximum absolute atomic E-state index is 13.3. The fraction of sp³-hybridized carbons (Fsp3) is 0.280. The molecule has 0 aliphatic carbocycles. The highest BCUT2D eigenvalue weighted by atomic mass is 35.5. The van der Waals surface area contributed by atoms with E-state index in [4.69, 9.17) is 16.3 Å². The molecule has 2 aromatic carbocycles. The number of aromatic amines is 1. The maximum Gasteiger partial charge on any atom is 0.276 e. The molecule has 1 saturated heterocycles. The van der Waals surface area contributed by atoms with Gasteiger partial charge >= 0.3 is 0 Å². The normalized spacial score (nSPS) is 14.7. The van der Waals surface area contributed by atoms with Crippen LogP contribution in [0.2, 0.25) is 5.02 Å². The third-order valence-corrected chi connectivity index (χ3v) is 6.43. The zero-order chi connectivity index (χ0) is 22.9. The van der Waals surface area contributed by atoms with Crippen LogP contribution >= 0.6 is 11.6 Å². The average Bonchev–Trinajstić information content (AvgIpc) is 3.10. The van der Waals surface area contributed by atoms with E-state index in [1.54, 1.807) is 23.7 Å². The van der Waals surface area contributed by atoms with Crippen molar-refractivity contribution < 1.29 is 4.74 Å². The standard InChI is InChI=1S/C25H25ClN4O3/c1-28-25(32)23-21(27-28)14-22(31)30(24(23)17-6-8-20(26)9-7-17)16-19-5-3-2-4-18(19)15-29-10-12-33-13-11-29/h2-9,14,27H,10-13,15-16H2,1H3. The van der Waals surface area contributed by atoms with E-state index in [2.05, 4.69) is 16.1 Å². The second kappa shape index (κ2) is 9.02. The molecule has 0 amide bonds. The highest BCUT2D eigenvalue weighted by molar-refractivity contribution is 6.30. The second-order valence-electron chi connectivity index (χ2n) is 8.35. The number of H-pyrrole nitrogens is 1. The number of aromatic nitrogens is 3. The molecule has 2 aromatic heterocycles. The monoisotopic (exact) mass is 464 g/mol. The van der Waals surface area contributed by atoms with Crippen LogP contribution in [-0.2, 0) is 24.9 Å². The van der Waals surface area contributed by atoms with E-state index in [0.717, 1.165) is 49.5 Å². The summed E-state index contributed by atoms with van der Waals surface area (Å²) in [5.41, 5.74) is 3.75. The number of halogens is 1. The Bertz CT molecular complexity index is 1410. The van der Waals surface area contributed by atoms with Gasteiger partial charge in [-0.15, -0.1) is 0 Å². The van der Waals surface area contributed by atoms with Crippen LogP contribution in [0.5, 0.6) is 0 Å². The minimum atomic E-state index is -0.176. The van der Waals surface area contributed by atoms with Crippen molar-refractivity contribution in [2.75, 3.05) is 26.3 Å². The molecule has 0 spiro atoms. The molecule has 0 saturated carbocycles. The zero-order valence-electron chi connectivity index (χ0n) is 18.4. The summed E-state index contributed by atoms with van der Waals surface area (Å²) in [5, 5.41) is 4.08. The predicted octanol–water partition coefficient (Wildman–Crippen LogP) is 3.23. The average molecular weight is 465 g/mol. The van der Waals surface area contributed by atoms with Gasteiger partial charge in [0.15, 0.2) is 0 Å². The molecule has 7 nitrogen and oxygen atoms in total. The number of nitrogens with one attached hydrogen (secondary N) is 1. The fourth-order valence-corrected chi connectivity index (χ4v) is 4.58. The third-order valence-electron chi connectivity index (χ3n) is 6.18. The summed E-state index contributed by atoms with van der Waals surface area (Å²) in [5.74, 6) is 0. The first-order valence-electron chi connectivity index (χ1n) is 11.0. The van der Waals surface area contributed by atoms with E-state index in [-0.39, 0.29) is 11.1 Å². The van der Waals surface area contributed by atoms with E-state index in [1.807, 2.05) is 30.3 Å². The lowest BCUT2D eigenvalue weighted by Gasteiger charge is -2.27. The molecule has 33 heavy (non-hydrogen) atoms. The lowest BCUT2D eigenvalue weighted by molar-refractivity contribution is 0.0340. The van der Waals surface area contributed by atoms with E-state index in [9.17, 15) is 9.59 Å². The molecule has 3 heterocycles. The van der Waals surface area contributed by atoms with Gasteiger partial charge < -0.3 is 9.30 Å². The molecule has 1 aliphatic heterocycles. The summed E-state index contributed by atoms with van der Waals surface area (Å²) in [6, 6.07) is 16.9. The highest BCUT2D eigenvalue weighted by Crippen LogP contribution is 2.27. The summed E-state index contributed by atoms with van der Waals surface area (Å²) in [4.78, 5) is 28.7. The Kier molecular flexibility index (Phi) is 5.93. The van der Waals surface area contributed by atoms with Gasteiger partial charge in [-0.1, -0.05) is 48.0 Å². The number of rotatable bonds is 5. The van der Waals surface area contributed by atoms with Crippen LogP contribution in [0.15, 0.2) is 64.2 Å². The van der Waals surface area contributed by atoms with Crippen LogP contribution in [0.4, 0.5) is 0 Å². The minimum absolute atomic E-state index is 0.171. The van der Waals surface area contributed by atoms with Crippen molar-refractivity contribution in [3.8, 4) is 11.3 Å². The Morgan fingerprint density at radius 1 is 0.970 bits per heavy atom. The van der Waals surface area contributed by atoms with Gasteiger partial charge in [0, 0.05) is 37.8 Å². The van der Waals surface area contributed by atoms with Crippen molar-refractivity contribution in [2.24, 2.45) is 7.05 Å². The summed E-state index contributed by atoms with van der Waals surface area (Å²) >= 11 is 6.11. The first kappa shape index (κ1) is 21.7. The lowest BCUT2D eigenvalue weighted by atomic mass is 10.0. The van der Waals surface area contributed by atoms with Crippen LogP contribution < -0.4 is 11.1 Å². The summed E-state index contributed by atoms with van der Waals surface area (Å²) in [7, 11) is 1.65. The van der Waals surface area contributed by atoms with Gasteiger partial charge in [-0.05, 0) is 28.8 Å². The molecule has 0 atom stereocenters. The second-order valence-corrected chi connectivity index (χ2v) is 8.78. The number of benzene rings is 2. The fourth-order valence-electron chi connectivity index (χ4n) is 4.45. The van der Waals surface area contributed by atoms with Crippen molar-refractivity contribution in [2.45, 2.75) is 13.1 Å². The van der Waals surface area contributed by atoms with E-state index in [1.165, 1.54) is 10.7 Å². The molecule has 0 unspecified atom stereocenters. The first-order chi connectivity index (χ1) is 16.0. The van der Waals surface area contributed by atoms with E-state index >= 15 is 0 Å². The Hall–Kier alpha value is -3.13. The lowest BCUT2D eigenvalue weighted by Crippen LogP contribution is -2.36. The van der Waals surface area contributed by atoms with Gasteiger partial charge in [-0.25, -0.2) is 0 Å². The Morgan fingerprint density at radius 3 is 2.33 bits per heavy atom. The highest BCUT2D eigenvalue weighted by Gasteiger charge is 2.19. The summed E-state index contributed by atoms with van der Waals surface area (Å²) in [6.07, 6.45) is 0. The molecule has 4 aromatic rings. The molecule has 0 radical (unpaired) electrons. The number of aryl methyl sites for hydroxylation is 1. The van der Waals surface area contributed by atoms with E-state index < -0.39 is 0 Å². The first-order valence-corrected chi connectivity index (χ1v) is 11.3. The van der Waals surface area contributed by atoms with Crippen molar-refractivity contribution in [3.05, 3.63) is 91.5 Å². The van der Waals surface area contributed by atoms with Gasteiger partial charge in [-0.3, -0.25) is 24.3 Å². The van der Waals surface area contributed by atoms with Crippen molar-refractivity contribution in [1.82, 2.24) is 19.2 Å². The molecule has 1 fully saturated rings. The third kappa shape index (κ3) is 4.27. The SMILES string of the molecule is Cn1[nH]c2cc(=O)n(Cc3ccccc3CN3CCOCC3)c(-c3ccc(Cl)cc3)c2c1=O. The summed E-state index contributed by atoms with van der Waals surface area (Å²) < 4.78 is 8.57. The van der Waals surface area contributed by atoms with Crippen molar-refractivity contribution >= 4 is 22.5 Å². The Morgan fingerprint density at radius 2 is 1.64 bits per heavy atom. The topological polar surface area (TPSA) is 72.3 Å². The van der Waals surface area contributed by atoms with Crippen LogP contribution in [-0.4, -0.2) is 45.6 Å². The van der Waals surface area contributed by atoms with Gasteiger partial charge in [0.1, 0.15) is 0 Å². The largest absolute Gasteiger partial charge is 0.379 e. The summed E-state index contributed by atoms with van der Waals surface area (Å²) in [6.45, 7) is 4.39. The molecule has 8 heteroatoms. The molecule has 1 N–H and O–H groups in total. The number of hydrogen-bond donors (Lipinski definition) is 1. The van der Waals surface area contributed by atoms with Gasteiger partial charge in [-0.2, -0.15) is 0 Å². The van der Waals surface area contributed by atoms with Gasteiger partial charge in [0.05, 0.1) is 36.4 Å². The number of ether oxygens (including phenoxy) is 1. The number of pyridine rings is 1.